The smallest absolute Gasteiger partial charge is 0.0881 e. The highest BCUT2D eigenvalue weighted by atomic mass is 16.5. The zero-order valence-electron chi connectivity index (χ0n) is 9.66. The molecule has 86 valence electrons. The minimum Gasteiger partial charge on any atom is -0.383 e. The fourth-order valence-corrected chi connectivity index (χ4v) is 1.77. The Bertz CT molecular complexity index is 452. The number of anilines is 1. The van der Waals surface area contributed by atoms with Crippen LogP contribution in [-0.4, -0.2) is 30.0 Å². The summed E-state index contributed by atoms with van der Waals surface area (Å²) in [4.78, 5) is 0. The summed E-state index contributed by atoms with van der Waals surface area (Å²) in [6.45, 7) is 2.85. The predicted molar refractivity (Wildman–Crippen MR) is 65.7 cm³/mol. The van der Waals surface area contributed by atoms with Crippen molar-refractivity contribution in [3.8, 4) is 0 Å². The molecule has 0 aliphatic rings. The van der Waals surface area contributed by atoms with E-state index in [9.17, 15) is 0 Å². The Morgan fingerprint density at radius 2 is 2.38 bits per heavy atom. The second-order valence-electron chi connectivity index (χ2n) is 3.84. The molecule has 0 saturated heterocycles. The summed E-state index contributed by atoms with van der Waals surface area (Å²) in [5.74, 6) is 0. The number of methoxy groups -OCH3 is 1. The van der Waals surface area contributed by atoms with Gasteiger partial charge in [0.15, 0.2) is 0 Å². The zero-order chi connectivity index (χ0) is 11.4. The van der Waals surface area contributed by atoms with Crippen LogP contribution in [0.5, 0.6) is 0 Å². The number of benzene rings is 1. The number of aromatic nitrogens is 2. The lowest BCUT2D eigenvalue weighted by atomic mass is 10.2. The van der Waals surface area contributed by atoms with Crippen LogP contribution in [0.2, 0.25) is 0 Å². The monoisotopic (exact) mass is 219 g/mol. The van der Waals surface area contributed by atoms with E-state index in [1.54, 1.807) is 7.11 Å². The molecule has 2 N–H and O–H groups in total. The van der Waals surface area contributed by atoms with E-state index >= 15 is 0 Å². The Hall–Kier alpha value is -1.55. The normalized spacial score (nSPS) is 12.9. The van der Waals surface area contributed by atoms with Crippen LogP contribution < -0.4 is 5.32 Å². The minimum atomic E-state index is 0.332. The Kier molecular flexibility index (Phi) is 3.41. The first-order chi connectivity index (χ1) is 7.85. The summed E-state index contributed by atoms with van der Waals surface area (Å²) >= 11 is 0. The van der Waals surface area contributed by atoms with Gasteiger partial charge in [-0.25, -0.2) is 0 Å². The first-order valence-corrected chi connectivity index (χ1v) is 5.52. The number of ether oxygens (including phenoxy) is 1. The molecule has 1 aromatic heterocycles. The molecule has 0 bridgehead atoms. The van der Waals surface area contributed by atoms with Crippen LogP contribution in [0.1, 0.15) is 13.3 Å². The Morgan fingerprint density at radius 3 is 3.12 bits per heavy atom. The maximum atomic E-state index is 5.17. The Morgan fingerprint density at radius 1 is 1.50 bits per heavy atom. The van der Waals surface area contributed by atoms with Gasteiger partial charge < -0.3 is 10.1 Å². The topological polar surface area (TPSA) is 49.9 Å². The number of hydrogen-bond acceptors (Lipinski definition) is 3. The van der Waals surface area contributed by atoms with E-state index in [0.717, 1.165) is 23.0 Å². The number of hydrogen-bond donors (Lipinski definition) is 2. The van der Waals surface area contributed by atoms with Crippen molar-refractivity contribution in [3.05, 3.63) is 24.4 Å². The number of nitrogens with zero attached hydrogens (tertiary/aromatic N) is 1. The lowest BCUT2D eigenvalue weighted by Crippen LogP contribution is -2.23. The predicted octanol–water partition coefficient (Wildman–Crippen LogP) is 2.40. The Labute approximate surface area is 95.0 Å². The molecule has 2 rings (SSSR count). The highest BCUT2D eigenvalue weighted by Crippen LogP contribution is 2.21. The average Bonchev–Trinajstić information content (AvgIpc) is 2.77. The highest BCUT2D eigenvalue weighted by molar-refractivity contribution is 5.89. The van der Waals surface area contributed by atoms with Crippen LogP contribution in [0.4, 0.5) is 5.69 Å². The van der Waals surface area contributed by atoms with E-state index in [1.165, 1.54) is 0 Å². The molecule has 0 aliphatic heterocycles. The molecule has 0 aliphatic carbocycles. The summed E-state index contributed by atoms with van der Waals surface area (Å²) in [5, 5.41) is 11.6. The molecule has 1 heterocycles. The van der Waals surface area contributed by atoms with Crippen molar-refractivity contribution in [2.24, 2.45) is 0 Å². The SMILES string of the molecule is CCC(COC)Nc1cccc2cn[nH]c12. The van der Waals surface area contributed by atoms with Gasteiger partial charge in [-0.2, -0.15) is 5.10 Å². The van der Waals surface area contributed by atoms with Crippen LogP contribution in [0.25, 0.3) is 10.9 Å². The summed E-state index contributed by atoms with van der Waals surface area (Å²) in [7, 11) is 1.72. The zero-order valence-corrected chi connectivity index (χ0v) is 9.66. The van der Waals surface area contributed by atoms with Crippen LogP contribution >= 0.6 is 0 Å². The van der Waals surface area contributed by atoms with Crippen molar-refractivity contribution >= 4 is 16.6 Å². The molecule has 2 aromatic rings. The standard InChI is InChI=1S/C12H17N3O/c1-3-10(8-16-2)14-11-6-4-5-9-7-13-15-12(9)11/h4-7,10,14H,3,8H2,1-2H3,(H,13,15). The second kappa shape index (κ2) is 4.99. The lowest BCUT2D eigenvalue weighted by molar-refractivity contribution is 0.184. The number of para-hydroxylation sites is 1. The molecule has 0 amide bonds. The third-order valence-electron chi connectivity index (χ3n) is 2.70. The molecule has 1 aromatic carbocycles. The summed E-state index contributed by atoms with van der Waals surface area (Å²) in [6.07, 6.45) is 2.86. The van der Waals surface area contributed by atoms with Crippen LogP contribution in [-0.2, 0) is 4.74 Å². The average molecular weight is 219 g/mol. The fourth-order valence-electron chi connectivity index (χ4n) is 1.77. The number of nitrogens with one attached hydrogen (secondary N) is 2. The molecular formula is C12H17N3O. The summed E-state index contributed by atoms with van der Waals surface area (Å²) in [6, 6.07) is 6.46. The van der Waals surface area contributed by atoms with E-state index in [0.29, 0.717) is 12.6 Å². The lowest BCUT2D eigenvalue weighted by Gasteiger charge is -2.17. The van der Waals surface area contributed by atoms with Gasteiger partial charge in [0.05, 0.1) is 24.0 Å². The van der Waals surface area contributed by atoms with E-state index in [1.807, 2.05) is 18.3 Å². The maximum absolute atomic E-state index is 5.17. The van der Waals surface area contributed by atoms with Crippen molar-refractivity contribution in [1.29, 1.82) is 0 Å². The largest absolute Gasteiger partial charge is 0.383 e. The number of rotatable bonds is 5. The summed E-state index contributed by atoms with van der Waals surface area (Å²) in [5.41, 5.74) is 2.14. The van der Waals surface area contributed by atoms with Gasteiger partial charge in [0.1, 0.15) is 0 Å². The number of fused-ring (bicyclic) bond motifs is 1. The molecule has 1 atom stereocenters. The summed E-state index contributed by atoms with van der Waals surface area (Å²) < 4.78 is 5.17. The molecule has 1 unspecified atom stereocenters. The fraction of sp³-hybridized carbons (Fsp3) is 0.417. The van der Waals surface area contributed by atoms with Crippen molar-refractivity contribution in [2.75, 3.05) is 19.0 Å². The van der Waals surface area contributed by atoms with Crippen molar-refractivity contribution in [1.82, 2.24) is 10.2 Å². The highest BCUT2D eigenvalue weighted by Gasteiger charge is 2.08. The quantitative estimate of drug-likeness (QED) is 0.811. The molecule has 0 fully saturated rings. The molecule has 0 spiro atoms. The van der Waals surface area contributed by atoms with Gasteiger partial charge in [0.2, 0.25) is 0 Å². The molecule has 16 heavy (non-hydrogen) atoms. The Balaban J connectivity index is 2.22. The third kappa shape index (κ3) is 2.17. The van der Waals surface area contributed by atoms with Gasteiger partial charge in [-0.05, 0) is 12.5 Å². The number of H-pyrrole nitrogens is 1. The first-order valence-electron chi connectivity index (χ1n) is 5.52. The molecule has 4 nitrogen and oxygen atoms in total. The van der Waals surface area contributed by atoms with Crippen LogP contribution in [0.15, 0.2) is 24.4 Å². The van der Waals surface area contributed by atoms with Crippen molar-refractivity contribution in [2.45, 2.75) is 19.4 Å². The minimum absolute atomic E-state index is 0.332. The maximum Gasteiger partial charge on any atom is 0.0881 e. The molecule has 0 radical (unpaired) electrons. The first kappa shape index (κ1) is 11.0. The molecular weight excluding hydrogens is 202 g/mol. The van der Waals surface area contributed by atoms with Gasteiger partial charge in [0.25, 0.3) is 0 Å². The van der Waals surface area contributed by atoms with Gasteiger partial charge >= 0.3 is 0 Å². The third-order valence-corrected chi connectivity index (χ3v) is 2.70. The van der Waals surface area contributed by atoms with Gasteiger partial charge in [0, 0.05) is 18.5 Å². The van der Waals surface area contributed by atoms with Crippen LogP contribution in [0, 0.1) is 0 Å². The van der Waals surface area contributed by atoms with Crippen molar-refractivity contribution < 1.29 is 4.74 Å². The number of aromatic amines is 1. The van der Waals surface area contributed by atoms with Gasteiger partial charge in [-0.15, -0.1) is 0 Å². The molecule has 4 heteroatoms. The van der Waals surface area contributed by atoms with E-state index in [2.05, 4.69) is 28.5 Å². The van der Waals surface area contributed by atoms with E-state index < -0.39 is 0 Å². The van der Waals surface area contributed by atoms with Gasteiger partial charge in [-0.1, -0.05) is 19.1 Å². The van der Waals surface area contributed by atoms with Gasteiger partial charge in [-0.3, -0.25) is 5.10 Å². The molecule has 0 saturated carbocycles. The van der Waals surface area contributed by atoms with Crippen molar-refractivity contribution in [3.63, 3.8) is 0 Å². The van der Waals surface area contributed by atoms with E-state index in [-0.39, 0.29) is 0 Å². The van der Waals surface area contributed by atoms with E-state index in [4.69, 9.17) is 4.74 Å². The second-order valence-corrected chi connectivity index (χ2v) is 3.84. The van der Waals surface area contributed by atoms with Crippen LogP contribution in [0.3, 0.4) is 0 Å².